The third kappa shape index (κ3) is 0.934. The summed E-state index contributed by atoms with van der Waals surface area (Å²) >= 11 is 0. The molecule has 1 N–H and O–H groups in total. The summed E-state index contributed by atoms with van der Waals surface area (Å²) in [5.74, 6) is -0.0216. The molecule has 0 amide bonds. The van der Waals surface area contributed by atoms with E-state index in [1.165, 1.54) is 0 Å². The van der Waals surface area contributed by atoms with Gasteiger partial charge in [-0.15, -0.1) is 0 Å². The van der Waals surface area contributed by atoms with Crippen LogP contribution < -0.4 is 0 Å². The van der Waals surface area contributed by atoms with E-state index in [0.29, 0.717) is 5.92 Å². The molecule has 0 heterocycles. The SMILES string of the molecule is C[C@H]1C[C@](C)(C(=O)O)C1. The average molecular weight is 128 g/mol. The van der Waals surface area contributed by atoms with Crippen molar-refractivity contribution >= 4 is 5.97 Å². The van der Waals surface area contributed by atoms with Gasteiger partial charge in [-0.3, -0.25) is 4.79 Å². The van der Waals surface area contributed by atoms with Gasteiger partial charge in [0.1, 0.15) is 0 Å². The van der Waals surface area contributed by atoms with Crippen LogP contribution in [-0.4, -0.2) is 11.1 Å². The van der Waals surface area contributed by atoms with Gasteiger partial charge in [-0.25, -0.2) is 0 Å². The Kier molecular flexibility index (Phi) is 1.26. The predicted molar refractivity (Wildman–Crippen MR) is 34.1 cm³/mol. The summed E-state index contributed by atoms with van der Waals surface area (Å²) < 4.78 is 0. The molecule has 9 heavy (non-hydrogen) atoms. The molecule has 0 atom stereocenters. The maximum absolute atomic E-state index is 10.4. The van der Waals surface area contributed by atoms with Crippen molar-refractivity contribution in [3.05, 3.63) is 0 Å². The molecule has 1 saturated carbocycles. The highest BCUT2D eigenvalue weighted by molar-refractivity contribution is 5.75. The third-order valence-corrected chi connectivity index (χ3v) is 2.11. The van der Waals surface area contributed by atoms with Crippen LogP contribution >= 0.6 is 0 Å². The fourth-order valence-electron chi connectivity index (χ4n) is 1.65. The molecule has 1 rings (SSSR count). The first-order valence-electron chi connectivity index (χ1n) is 3.28. The van der Waals surface area contributed by atoms with Gasteiger partial charge in [0.2, 0.25) is 0 Å². The summed E-state index contributed by atoms with van der Waals surface area (Å²) in [6.07, 6.45) is 1.70. The summed E-state index contributed by atoms with van der Waals surface area (Å²) in [7, 11) is 0. The van der Waals surface area contributed by atoms with Crippen molar-refractivity contribution in [1.29, 1.82) is 0 Å². The molecule has 0 aromatic rings. The van der Waals surface area contributed by atoms with Gasteiger partial charge >= 0.3 is 5.97 Å². The van der Waals surface area contributed by atoms with Gasteiger partial charge in [-0.05, 0) is 25.7 Å². The number of carboxylic acids is 1. The van der Waals surface area contributed by atoms with Crippen LogP contribution in [0, 0.1) is 11.3 Å². The van der Waals surface area contributed by atoms with Gasteiger partial charge in [0.15, 0.2) is 0 Å². The van der Waals surface area contributed by atoms with Crippen LogP contribution in [-0.2, 0) is 4.79 Å². The minimum atomic E-state index is -0.638. The quantitative estimate of drug-likeness (QED) is 0.581. The first kappa shape index (κ1) is 6.59. The lowest BCUT2D eigenvalue weighted by atomic mass is 9.64. The number of rotatable bonds is 1. The fourth-order valence-corrected chi connectivity index (χ4v) is 1.65. The average Bonchev–Trinajstić information content (AvgIpc) is 1.62. The Labute approximate surface area is 54.9 Å². The van der Waals surface area contributed by atoms with Crippen molar-refractivity contribution < 1.29 is 9.90 Å². The van der Waals surface area contributed by atoms with E-state index in [4.69, 9.17) is 5.11 Å². The van der Waals surface area contributed by atoms with Crippen molar-refractivity contribution in [3.63, 3.8) is 0 Å². The smallest absolute Gasteiger partial charge is 0.309 e. The number of hydrogen-bond donors (Lipinski definition) is 1. The third-order valence-electron chi connectivity index (χ3n) is 2.11. The lowest BCUT2D eigenvalue weighted by Gasteiger charge is -2.39. The zero-order chi connectivity index (χ0) is 7.07. The summed E-state index contributed by atoms with van der Waals surface area (Å²) in [4.78, 5) is 10.4. The monoisotopic (exact) mass is 128 g/mol. The van der Waals surface area contributed by atoms with Crippen LogP contribution in [0.2, 0.25) is 0 Å². The lowest BCUT2D eigenvalue weighted by Crippen LogP contribution is -2.39. The Hall–Kier alpha value is -0.530. The van der Waals surface area contributed by atoms with E-state index in [-0.39, 0.29) is 5.41 Å². The van der Waals surface area contributed by atoms with E-state index < -0.39 is 5.97 Å². The van der Waals surface area contributed by atoms with Gasteiger partial charge in [0.25, 0.3) is 0 Å². The molecule has 1 aliphatic rings. The van der Waals surface area contributed by atoms with E-state index in [1.54, 1.807) is 0 Å². The van der Waals surface area contributed by atoms with Crippen molar-refractivity contribution in [3.8, 4) is 0 Å². The first-order chi connectivity index (χ1) is 4.04. The van der Waals surface area contributed by atoms with Crippen LogP contribution in [0.25, 0.3) is 0 Å². The molecule has 2 heteroatoms. The molecule has 0 saturated heterocycles. The Morgan fingerprint density at radius 3 is 2.22 bits per heavy atom. The second-order valence-corrected chi connectivity index (χ2v) is 3.38. The number of hydrogen-bond acceptors (Lipinski definition) is 1. The van der Waals surface area contributed by atoms with Gasteiger partial charge in [-0.2, -0.15) is 0 Å². The highest BCUT2D eigenvalue weighted by atomic mass is 16.4. The Balaban J connectivity index is 2.50. The number of carboxylic acid groups (broad SMARTS) is 1. The summed E-state index contributed by atoms with van der Waals surface area (Å²) in [5.41, 5.74) is -0.389. The molecule has 52 valence electrons. The maximum Gasteiger partial charge on any atom is 0.309 e. The largest absolute Gasteiger partial charge is 0.481 e. The zero-order valence-corrected chi connectivity index (χ0v) is 5.85. The summed E-state index contributed by atoms with van der Waals surface area (Å²) in [5, 5.41) is 8.61. The first-order valence-corrected chi connectivity index (χ1v) is 3.28. The van der Waals surface area contributed by atoms with Gasteiger partial charge < -0.3 is 5.11 Å². The van der Waals surface area contributed by atoms with Gasteiger partial charge in [0.05, 0.1) is 5.41 Å². The highest BCUT2D eigenvalue weighted by Gasteiger charge is 2.43. The Morgan fingerprint density at radius 2 is 2.11 bits per heavy atom. The Bertz CT molecular complexity index is 134. The predicted octanol–water partition coefficient (Wildman–Crippen LogP) is 1.51. The molecular weight excluding hydrogens is 116 g/mol. The summed E-state index contributed by atoms with van der Waals surface area (Å²) in [6.45, 7) is 3.90. The molecule has 0 aromatic heterocycles. The topological polar surface area (TPSA) is 37.3 Å². The fraction of sp³-hybridized carbons (Fsp3) is 0.857. The van der Waals surface area contributed by atoms with Crippen LogP contribution in [0.4, 0.5) is 0 Å². The number of aliphatic carboxylic acids is 1. The molecule has 1 fully saturated rings. The van der Waals surface area contributed by atoms with Crippen LogP contribution in [0.15, 0.2) is 0 Å². The lowest BCUT2D eigenvalue weighted by molar-refractivity contribution is -0.155. The molecule has 0 radical (unpaired) electrons. The van der Waals surface area contributed by atoms with Crippen LogP contribution in [0.5, 0.6) is 0 Å². The molecular formula is C7H12O2. The van der Waals surface area contributed by atoms with Crippen molar-refractivity contribution in [1.82, 2.24) is 0 Å². The van der Waals surface area contributed by atoms with Crippen LogP contribution in [0.3, 0.4) is 0 Å². The molecule has 0 unspecified atom stereocenters. The highest BCUT2D eigenvalue weighted by Crippen LogP contribution is 2.44. The van der Waals surface area contributed by atoms with E-state index >= 15 is 0 Å². The minimum Gasteiger partial charge on any atom is -0.481 e. The Morgan fingerprint density at radius 1 is 1.67 bits per heavy atom. The van der Waals surface area contributed by atoms with Crippen LogP contribution in [0.1, 0.15) is 26.7 Å². The second-order valence-electron chi connectivity index (χ2n) is 3.38. The normalized spacial score (nSPS) is 41.8. The summed E-state index contributed by atoms with van der Waals surface area (Å²) in [6, 6.07) is 0. The van der Waals surface area contributed by atoms with Gasteiger partial charge in [-0.1, -0.05) is 6.92 Å². The molecule has 1 aliphatic carbocycles. The van der Waals surface area contributed by atoms with Crippen molar-refractivity contribution in [2.45, 2.75) is 26.7 Å². The van der Waals surface area contributed by atoms with E-state index in [0.717, 1.165) is 12.8 Å². The maximum atomic E-state index is 10.4. The van der Waals surface area contributed by atoms with E-state index in [2.05, 4.69) is 6.92 Å². The number of carbonyl (C=O) groups is 1. The molecule has 0 aliphatic heterocycles. The second kappa shape index (κ2) is 1.72. The molecule has 0 bridgehead atoms. The molecule has 0 spiro atoms. The van der Waals surface area contributed by atoms with Crippen molar-refractivity contribution in [2.24, 2.45) is 11.3 Å². The van der Waals surface area contributed by atoms with E-state index in [1.807, 2.05) is 6.92 Å². The molecule has 0 aromatic carbocycles. The zero-order valence-electron chi connectivity index (χ0n) is 5.85. The minimum absolute atomic E-state index is 0.389. The van der Waals surface area contributed by atoms with Gasteiger partial charge in [0, 0.05) is 0 Å². The standard InChI is InChI=1S/C7H12O2/c1-5-3-7(2,4-5)6(8)9/h5H,3-4H2,1-2H3,(H,8,9)/t5-,7-. The van der Waals surface area contributed by atoms with Crippen molar-refractivity contribution in [2.75, 3.05) is 0 Å². The van der Waals surface area contributed by atoms with E-state index in [9.17, 15) is 4.79 Å². The molecule has 2 nitrogen and oxygen atoms in total.